The van der Waals surface area contributed by atoms with Crippen LogP contribution in [-0.2, 0) is 45.1 Å². The van der Waals surface area contributed by atoms with Crippen LogP contribution in [-0.4, -0.2) is 106 Å². The lowest BCUT2D eigenvalue weighted by atomic mass is 9.85. The average Bonchev–Trinajstić information content (AvgIpc) is 3.52. The number of likely N-dealkylation sites (tertiary alicyclic amines) is 1. The van der Waals surface area contributed by atoms with Gasteiger partial charge in [-0.3, -0.25) is 23.9 Å². The van der Waals surface area contributed by atoms with Gasteiger partial charge in [0.05, 0.1) is 43.0 Å². The number of ether oxygens (including phenoxy) is 2. The number of carbonyl (C=O) groups excluding carboxylic acids is 4. The Morgan fingerprint density at radius 3 is 2.19 bits per heavy atom. The molecular formula is C35H58N4O8S. The van der Waals surface area contributed by atoms with Crippen molar-refractivity contribution in [1.82, 2.24) is 14.5 Å². The predicted molar refractivity (Wildman–Crippen MR) is 185 cm³/mol. The fourth-order valence-electron chi connectivity index (χ4n) is 6.71. The number of rotatable bonds is 19. The average molecular weight is 695 g/mol. The molecule has 1 saturated heterocycles. The van der Waals surface area contributed by atoms with Gasteiger partial charge in [-0.05, 0) is 36.7 Å². The highest BCUT2D eigenvalue weighted by Gasteiger charge is 2.42. The first-order chi connectivity index (χ1) is 22.5. The maximum atomic E-state index is 14.0. The van der Waals surface area contributed by atoms with Crippen LogP contribution >= 0.6 is 0 Å². The third kappa shape index (κ3) is 11.3. The third-order valence-corrected chi connectivity index (χ3v) is 10.4. The molecule has 0 radical (unpaired) electrons. The standard InChI is InChI=1S/C35H58N4O8S/c1-10-23(4)32(38(6)35(43)31(36)22(2)3)29(46-7)21-30(41)39-18-14-17-27(39)33(47-8)24(5)28(40)20-26(34(42)37-48(9,44)45)19-25-15-12-11-13-16-25/h11-13,15-16,22-24,26-27,29,31-33H,10,14,17-21,36H2,1-9H3,(H,37,42)/t23-,24-,26+,27-,29+,31-,32-,33+/m0/s1. The predicted octanol–water partition coefficient (Wildman–Crippen LogP) is 2.78. The number of benzene rings is 1. The Balaban J connectivity index is 2.26. The van der Waals surface area contributed by atoms with Gasteiger partial charge in [-0.25, -0.2) is 8.42 Å². The molecule has 13 heteroatoms. The van der Waals surface area contributed by atoms with Crippen LogP contribution in [0.1, 0.15) is 72.3 Å². The van der Waals surface area contributed by atoms with Gasteiger partial charge in [-0.15, -0.1) is 0 Å². The number of carbonyl (C=O) groups is 4. The lowest BCUT2D eigenvalue weighted by molar-refractivity contribution is -0.146. The van der Waals surface area contributed by atoms with Crippen molar-refractivity contribution in [2.24, 2.45) is 29.4 Å². The van der Waals surface area contributed by atoms with Crippen LogP contribution in [0.4, 0.5) is 0 Å². The fourth-order valence-corrected chi connectivity index (χ4v) is 7.24. The van der Waals surface area contributed by atoms with E-state index in [1.165, 1.54) is 7.11 Å². The number of Topliss-reactive ketones (excluding diaryl/α,β-unsaturated/α-hetero) is 1. The molecular weight excluding hydrogens is 636 g/mol. The number of hydrogen-bond acceptors (Lipinski definition) is 9. The summed E-state index contributed by atoms with van der Waals surface area (Å²) in [7, 11) is 0.929. The van der Waals surface area contributed by atoms with Crippen LogP contribution in [0.25, 0.3) is 0 Å². The Hall–Kier alpha value is -2.87. The normalized spacial score (nSPS) is 19.6. The minimum absolute atomic E-state index is 0.0264. The van der Waals surface area contributed by atoms with Crippen molar-refractivity contribution in [3.8, 4) is 0 Å². The second-order valence-corrected chi connectivity index (χ2v) is 15.4. The molecule has 0 aromatic heterocycles. The minimum atomic E-state index is -3.83. The van der Waals surface area contributed by atoms with Crippen LogP contribution in [0.3, 0.4) is 0 Å². The number of ketones is 1. The summed E-state index contributed by atoms with van der Waals surface area (Å²) in [5.41, 5.74) is 7.01. The van der Waals surface area contributed by atoms with E-state index in [4.69, 9.17) is 15.2 Å². The van der Waals surface area contributed by atoms with Gasteiger partial charge in [0, 0.05) is 46.1 Å². The molecule has 3 N–H and O–H groups in total. The zero-order valence-electron chi connectivity index (χ0n) is 30.2. The number of nitrogens with two attached hydrogens (primary N) is 1. The smallest absolute Gasteiger partial charge is 0.239 e. The molecule has 1 aromatic carbocycles. The molecule has 48 heavy (non-hydrogen) atoms. The molecule has 1 heterocycles. The first kappa shape index (κ1) is 41.3. The number of amides is 3. The van der Waals surface area contributed by atoms with Crippen molar-refractivity contribution < 1.29 is 37.1 Å². The minimum Gasteiger partial charge on any atom is -0.379 e. The van der Waals surface area contributed by atoms with E-state index in [-0.39, 0.29) is 54.7 Å². The monoisotopic (exact) mass is 694 g/mol. The van der Waals surface area contributed by atoms with Gasteiger partial charge in [-0.2, -0.15) is 0 Å². The summed E-state index contributed by atoms with van der Waals surface area (Å²) < 4.78 is 37.5. The number of hydrogen-bond donors (Lipinski definition) is 2. The molecule has 1 aliphatic heterocycles. The first-order valence-corrected chi connectivity index (χ1v) is 18.8. The summed E-state index contributed by atoms with van der Waals surface area (Å²) in [5, 5.41) is 0. The summed E-state index contributed by atoms with van der Waals surface area (Å²) >= 11 is 0. The van der Waals surface area contributed by atoms with E-state index in [9.17, 15) is 27.6 Å². The molecule has 0 aliphatic carbocycles. The summed E-state index contributed by atoms with van der Waals surface area (Å²) in [6.07, 6.45) is 1.78. The van der Waals surface area contributed by atoms with E-state index in [2.05, 4.69) is 0 Å². The van der Waals surface area contributed by atoms with Crippen molar-refractivity contribution in [2.45, 2.75) is 103 Å². The molecule has 1 aliphatic rings. The number of sulfonamides is 1. The number of likely N-dealkylation sites (N-methyl/N-ethyl adjacent to an activating group) is 1. The van der Waals surface area contributed by atoms with Gasteiger partial charge in [0.25, 0.3) is 0 Å². The molecule has 12 nitrogen and oxygen atoms in total. The number of nitrogens with one attached hydrogen (secondary N) is 1. The Kier molecular flexibility index (Phi) is 16.2. The van der Waals surface area contributed by atoms with Gasteiger partial charge in [0.2, 0.25) is 27.7 Å². The molecule has 0 saturated carbocycles. The number of nitrogens with zero attached hydrogens (tertiary/aromatic N) is 2. The van der Waals surface area contributed by atoms with Crippen molar-refractivity contribution in [1.29, 1.82) is 0 Å². The fraction of sp³-hybridized carbons (Fsp3) is 0.714. The van der Waals surface area contributed by atoms with E-state index in [0.29, 0.717) is 13.0 Å². The third-order valence-electron chi connectivity index (χ3n) is 9.79. The molecule has 0 unspecified atom stereocenters. The maximum absolute atomic E-state index is 14.0. The molecule has 8 atom stereocenters. The van der Waals surface area contributed by atoms with Crippen LogP contribution < -0.4 is 10.5 Å². The molecule has 3 amide bonds. The van der Waals surface area contributed by atoms with E-state index in [1.807, 2.05) is 62.7 Å². The van der Waals surface area contributed by atoms with Crippen LogP contribution in [0.2, 0.25) is 0 Å². The van der Waals surface area contributed by atoms with Gasteiger partial charge >= 0.3 is 0 Å². The van der Waals surface area contributed by atoms with Crippen LogP contribution in [0.15, 0.2) is 30.3 Å². The lowest BCUT2D eigenvalue weighted by Gasteiger charge is -2.40. The summed E-state index contributed by atoms with van der Waals surface area (Å²) in [5.74, 6) is -3.01. The molecule has 0 bridgehead atoms. The lowest BCUT2D eigenvalue weighted by Crippen LogP contribution is -2.56. The topological polar surface area (TPSA) is 165 Å². The highest BCUT2D eigenvalue weighted by atomic mass is 32.2. The van der Waals surface area contributed by atoms with E-state index in [0.717, 1.165) is 24.7 Å². The molecule has 2 rings (SSSR count). The summed E-state index contributed by atoms with van der Waals surface area (Å²) in [6.45, 7) is 10.0. The van der Waals surface area contributed by atoms with Gasteiger partial charge in [0.15, 0.2) is 0 Å². The first-order valence-electron chi connectivity index (χ1n) is 16.9. The highest BCUT2D eigenvalue weighted by molar-refractivity contribution is 7.89. The van der Waals surface area contributed by atoms with E-state index in [1.54, 1.807) is 30.9 Å². The Morgan fingerprint density at radius 1 is 1.04 bits per heavy atom. The van der Waals surface area contributed by atoms with E-state index >= 15 is 0 Å². The highest BCUT2D eigenvalue weighted by Crippen LogP contribution is 2.30. The van der Waals surface area contributed by atoms with Crippen molar-refractivity contribution in [2.75, 3.05) is 34.1 Å². The summed E-state index contributed by atoms with van der Waals surface area (Å²) in [4.78, 5) is 57.3. The van der Waals surface area contributed by atoms with Crippen molar-refractivity contribution >= 4 is 33.5 Å². The summed E-state index contributed by atoms with van der Waals surface area (Å²) in [6, 6.07) is 7.64. The quantitative estimate of drug-likeness (QED) is 0.222. The maximum Gasteiger partial charge on any atom is 0.239 e. The second-order valence-electron chi connectivity index (χ2n) is 13.7. The van der Waals surface area contributed by atoms with E-state index < -0.39 is 52.1 Å². The largest absolute Gasteiger partial charge is 0.379 e. The van der Waals surface area contributed by atoms with Crippen molar-refractivity contribution in [3.05, 3.63) is 35.9 Å². The van der Waals surface area contributed by atoms with Crippen LogP contribution in [0.5, 0.6) is 0 Å². The SMILES string of the molecule is CC[C@H](C)[C@@H]([C@@H](CC(=O)N1CCC[C@H]1[C@H](OC)[C@@H](C)C(=O)C[C@@H](Cc1ccccc1)C(=O)NS(C)(=O)=O)OC)N(C)C(=O)[C@@H](N)C(C)C. The Labute approximate surface area is 287 Å². The molecule has 1 fully saturated rings. The molecule has 0 spiro atoms. The van der Waals surface area contributed by atoms with Gasteiger partial charge in [-0.1, -0.05) is 71.4 Å². The molecule has 1 aromatic rings. The van der Waals surface area contributed by atoms with Crippen LogP contribution in [0, 0.1) is 23.7 Å². The molecule has 272 valence electrons. The zero-order chi connectivity index (χ0) is 36.3. The van der Waals surface area contributed by atoms with Gasteiger partial charge in [0.1, 0.15) is 5.78 Å². The Morgan fingerprint density at radius 2 is 1.67 bits per heavy atom. The van der Waals surface area contributed by atoms with Gasteiger partial charge < -0.3 is 25.0 Å². The van der Waals surface area contributed by atoms with Crippen molar-refractivity contribution in [3.63, 3.8) is 0 Å². The second kappa shape index (κ2) is 18.8. The zero-order valence-corrected chi connectivity index (χ0v) is 31.0. The Bertz CT molecular complexity index is 1320. The number of methoxy groups -OCH3 is 2.